The van der Waals surface area contributed by atoms with E-state index < -0.39 is 0 Å². The zero-order valence-corrected chi connectivity index (χ0v) is 9.78. The quantitative estimate of drug-likeness (QED) is 0.782. The summed E-state index contributed by atoms with van der Waals surface area (Å²) in [4.78, 5) is 15.3. The fraction of sp³-hybridized carbons (Fsp3) is 0.455. The number of nitrogens with one attached hydrogen (secondary N) is 2. The molecule has 0 saturated heterocycles. The maximum atomic E-state index is 11.1. The first-order valence-electron chi connectivity index (χ1n) is 5.13. The average molecular weight is 223 g/mol. The SMILES string of the molecule is CNC(=O)CC(C)Nc1cc(OC)ccn1. The van der Waals surface area contributed by atoms with Crippen molar-refractivity contribution >= 4 is 11.7 Å². The lowest BCUT2D eigenvalue weighted by molar-refractivity contribution is -0.120. The van der Waals surface area contributed by atoms with E-state index in [9.17, 15) is 4.79 Å². The third-order valence-corrected chi connectivity index (χ3v) is 2.13. The minimum Gasteiger partial charge on any atom is -0.497 e. The zero-order valence-electron chi connectivity index (χ0n) is 9.78. The molecule has 0 aromatic carbocycles. The number of hydrogen-bond acceptors (Lipinski definition) is 4. The molecule has 1 heterocycles. The molecule has 5 nitrogen and oxygen atoms in total. The summed E-state index contributed by atoms with van der Waals surface area (Å²) in [6, 6.07) is 3.59. The Labute approximate surface area is 95.2 Å². The van der Waals surface area contributed by atoms with Crippen LogP contribution in [0, 0.1) is 0 Å². The summed E-state index contributed by atoms with van der Waals surface area (Å²) in [6.45, 7) is 1.93. The molecule has 0 fully saturated rings. The van der Waals surface area contributed by atoms with Crippen molar-refractivity contribution in [3.8, 4) is 5.75 Å². The number of carbonyl (C=O) groups is 1. The highest BCUT2D eigenvalue weighted by molar-refractivity contribution is 5.76. The molecule has 0 aliphatic carbocycles. The van der Waals surface area contributed by atoms with E-state index in [1.807, 2.05) is 6.92 Å². The van der Waals surface area contributed by atoms with Crippen LogP contribution < -0.4 is 15.4 Å². The van der Waals surface area contributed by atoms with Crippen LogP contribution in [0.1, 0.15) is 13.3 Å². The van der Waals surface area contributed by atoms with E-state index in [-0.39, 0.29) is 11.9 Å². The fourth-order valence-corrected chi connectivity index (χ4v) is 1.30. The summed E-state index contributed by atoms with van der Waals surface area (Å²) in [7, 11) is 3.23. The Bertz CT molecular complexity index is 355. The molecule has 1 unspecified atom stereocenters. The van der Waals surface area contributed by atoms with Gasteiger partial charge in [-0.25, -0.2) is 4.98 Å². The molecule has 0 aliphatic heterocycles. The fourth-order valence-electron chi connectivity index (χ4n) is 1.30. The summed E-state index contributed by atoms with van der Waals surface area (Å²) >= 11 is 0. The first-order valence-corrected chi connectivity index (χ1v) is 5.13. The van der Waals surface area contributed by atoms with Gasteiger partial charge in [-0.15, -0.1) is 0 Å². The molecule has 1 aromatic heterocycles. The van der Waals surface area contributed by atoms with Gasteiger partial charge in [0.25, 0.3) is 0 Å². The van der Waals surface area contributed by atoms with Crippen molar-refractivity contribution < 1.29 is 9.53 Å². The number of methoxy groups -OCH3 is 1. The summed E-state index contributed by atoms with van der Waals surface area (Å²) in [5, 5.41) is 5.71. The second kappa shape index (κ2) is 5.95. The molecule has 5 heteroatoms. The molecule has 0 radical (unpaired) electrons. The lowest BCUT2D eigenvalue weighted by atomic mass is 10.2. The molecule has 1 rings (SSSR count). The normalized spacial score (nSPS) is 11.7. The Morgan fingerprint density at radius 1 is 1.62 bits per heavy atom. The Hall–Kier alpha value is -1.78. The highest BCUT2D eigenvalue weighted by Crippen LogP contribution is 2.14. The molecule has 88 valence electrons. The van der Waals surface area contributed by atoms with Gasteiger partial charge >= 0.3 is 0 Å². The van der Waals surface area contributed by atoms with Crippen LogP contribution in [0.25, 0.3) is 0 Å². The van der Waals surface area contributed by atoms with Crippen molar-refractivity contribution in [2.75, 3.05) is 19.5 Å². The van der Waals surface area contributed by atoms with Gasteiger partial charge in [-0.3, -0.25) is 4.79 Å². The molecule has 1 atom stereocenters. The van der Waals surface area contributed by atoms with E-state index in [0.717, 1.165) is 5.75 Å². The third kappa shape index (κ3) is 3.76. The van der Waals surface area contributed by atoms with Gasteiger partial charge in [0.2, 0.25) is 5.91 Å². The van der Waals surface area contributed by atoms with Gasteiger partial charge in [-0.05, 0) is 13.0 Å². The number of carbonyl (C=O) groups excluding carboxylic acids is 1. The summed E-state index contributed by atoms with van der Waals surface area (Å²) < 4.78 is 5.08. The lowest BCUT2D eigenvalue weighted by Crippen LogP contribution is -2.27. The van der Waals surface area contributed by atoms with Crippen molar-refractivity contribution in [2.24, 2.45) is 0 Å². The van der Waals surface area contributed by atoms with E-state index in [2.05, 4.69) is 15.6 Å². The van der Waals surface area contributed by atoms with E-state index in [4.69, 9.17) is 4.74 Å². The number of anilines is 1. The van der Waals surface area contributed by atoms with E-state index in [0.29, 0.717) is 12.2 Å². The van der Waals surface area contributed by atoms with Crippen molar-refractivity contribution in [1.29, 1.82) is 0 Å². The molecule has 0 saturated carbocycles. The first kappa shape index (κ1) is 12.3. The van der Waals surface area contributed by atoms with Crippen molar-refractivity contribution in [3.63, 3.8) is 0 Å². The molecular formula is C11H17N3O2. The van der Waals surface area contributed by atoms with Gasteiger partial charge in [0.1, 0.15) is 11.6 Å². The molecule has 16 heavy (non-hydrogen) atoms. The van der Waals surface area contributed by atoms with Crippen LogP contribution in [0.2, 0.25) is 0 Å². The Morgan fingerprint density at radius 3 is 3.00 bits per heavy atom. The van der Waals surface area contributed by atoms with Crippen LogP contribution in [0.15, 0.2) is 18.3 Å². The topological polar surface area (TPSA) is 63.2 Å². The predicted molar refractivity (Wildman–Crippen MR) is 62.6 cm³/mol. The minimum atomic E-state index is 0.00268. The van der Waals surface area contributed by atoms with Crippen LogP contribution in [0.3, 0.4) is 0 Å². The molecule has 0 bridgehead atoms. The number of ether oxygens (including phenoxy) is 1. The summed E-state index contributed by atoms with van der Waals surface area (Å²) in [6.07, 6.45) is 2.07. The van der Waals surface area contributed by atoms with Gasteiger partial charge in [-0.1, -0.05) is 0 Å². The lowest BCUT2D eigenvalue weighted by Gasteiger charge is -2.13. The van der Waals surface area contributed by atoms with Gasteiger partial charge in [0, 0.05) is 31.8 Å². The van der Waals surface area contributed by atoms with Crippen LogP contribution >= 0.6 is 0 Å². The summed E-state index contributed by atoms with van der Waals surface area (Å²) in [5.41, 5.74) is 0. The standard InChI is InChI=1S/C11H17N3O2/c1-8(6-11(15)12-2)14-10-7-9(16-3)4-5-13-10/h4-5,7-8H,6H2,1-3H3,(H,12,15)(H,13,14). The Kier molecular flexibility index (Phi) is 4.57. The van der Waals surface area contributed by atoms with Gasteiger partial charge in [-0.2, -0.15) is 0 Å². The number of rotatable bonds is 5. The highest BCUT2D eigenvalue weighted by atomic mass is 16.5. The molecule has 2 N–H and O–H groups in total. The monoisotopic (exact) mass is 223 g/mol. The van der Waals surface area contributed by atoms with Crippen molar-refractivity contribution in [3.05, 3.63) is 18.3 Å². The smallest absolute Gasteiger partial charge is 0.221 e. The molecule has 1 aromatic rings. The van der Waals surface area contributed by atoms with Crippen molar-refractivity contribution in [1.82, 2.24) is 10.3 Å². The van der Waals surface area contributed by atoms with E-state index in [1.165, 1.54) is 0 Å². The number of pyridine rings is 1. The van der Waals surface area contributed by atoms with E-state index in [1.54, 1.807) is 32.5 Å². The highest BCUT2D eigenvalue weighted by Gasteiger charge is 2.08. The Balaban J connectivity index is 2.55. The number of aromatic nitrogens is 1. The number of hydrogen-bond donors (Lipinski definition) is 2. The molecule has 0 aliphatic rings. The maximum Gasteiger partial charge on any atom is 0.221 e. The molecule has 1 amide bonds. The second-order valence-electron chi connectivity index (χ2n) is 3.50. The average Bonchev–Trinajstić information content (AvgIpc) is 2.28. The minimum absolute atomic E-state index is 0.00268. The van der Waals surface area contributed by atoms with Crippen LogP contribution in [0.4, 0.5) is 5.82 Å². The van der Waals surface area contributed by atoms with Gasteiger partial charge in [0.15, 0.2) is 0 Å². The predicted octanol–water partition coefficient (Wildman–Crippen LogP) is 1.03. The maximum absolute atomic E-state index is 11.1. The molecular weight excluding hydrogens is 206 g/mol. The number of amides is 1. The van der Waals surface area contributed by atoms with Crippen LogP contribution in [0.5, 0.6) is 5.75 Å². The Morgan fingerprint density at radius 2 is 2.38 bits per heavy atom. The van der Waals surface area contributed by atoms with Gasteiger partial charge in [0.05, 0.1) is 7.11 Å². The third-order valence-electron chi connectivity index (χ3n) is 2.13. The number of nitrogens with zero attached hydrogens (tertiary/aromatic N) is 1. The molecule has 0 spiro atoms. The summed E-state index contributed by atoms with van der Waals surface area (Å²) in [5.74, 6) is 1.45. The first-order chi connectivity index (χ1) is 7.65. The van der Waals surface area contributed by atoms with Gasteiger partial charge < -0.3 is 15.4 Å². The zero-order chi connectivity index (χ0) is 12.0. The van der Waals surface area contributed by atoms with Crippen LogP contribution in [-0.2, 0) is 4.79 Å². The van der Waals surface area contributed by atoms with Crippen LogP contribution in [-0.4, -0.2) is 31.1 Å². The van der Waals surface area contributed by atoms with Crippen molar-refractivity contribution in [2.45, 2.75) is 19.4 Å². The second-order valence-corrected chi connectivity index (χ2v) is 3.50. The van der Waals surface area contributed by atoms with E-state index >= 15 is 0 Å². The largest absolute Gasteiger partial charge is 0.497 e.